The second-order valence-corrected chi connectivity index (χ2v) is 9.20. The van der Waals surface area contributed by atoms with Gasteiger partial charge in [-0.1, -0.05) is 12.5 Å². The molecule has 1 saturated heterocycles. The Bertz CT molecular complexity index is 1540. The molecule has 1 aliphatic heterocycles. The summed E-state index contributed by atoms with van der Waals surface area (Å²) in [6.07, 6.45) is 3.84. The average molecular weight is 508 g/mol. The van der Waals surface area contributed by atoms with Crippen LogP contribution in [0.15, 0.2) is 52.1 Å². The summed E-state index contributed by atoms with van der Waals surface area (Å²) < 4.78 is 29.1. The number of nitrogens with zero attached hydrogens (tertiary/aromatic N) is 6. The van der Waals surface area contributed by atoms with Gasteiger partial charge in [-0.05, 0) is 67.9 Å². The zero-order valence-electron chi connectivity index (χ0n) is 20.5. The Morgan fingerprint density at radius 3 is 2.43 bits per heavy atom. The molecule has 0 bridgehead atoms. The molecule has 0 radical (unpaired) electrons. The Morgan fingerprint density at radius 2 is 1.70 bits per heavy atom. The lowest BCUT2D eigenvalue weighted by Crippen LogP contribution is -2.39. The average Bonchev–Trinajstić information content (AvgIpc) is 2.92. The van der Waals surface area contributed by atoms with Crippen LogP contribution in [-0.2, 0) is 13.6 Å². The quantitative estimate of drug-likeness (QED) is 0.411. The van der Waals surface area contributed by atoms with Crippen LogP contribution >= 0.6 is 0 Å². The summed E-state index contributed by atoms with van der Waals surface area (Å²) in [6.45, 7) is 4.02. The van der Waals surface area contributed by atoms with Crippen molar-refractivity contribution in [1.29, 1.82) is 0 Å². The zero-order valence-corrected chi connectivity index (χ0v) is 20.5. The molecular weight excluding hydrogens is 480 g/mol. The number of nitrogens with one attached hydrogen (secondary N) is 1. The van der Waals surface area contributed by atoms with Gasteiger partial charge in [0.2, 0.25) is 0 Å². The Kier molecular flexibility index (Phi) is 7.04. The summed E-state index contributed by atoms with van der Waals surface area (Å²) in [5, 5.41) is 11.7. The van der Waals surface area contributed by atoms with Crippen LogP contribution in [0.4, 0.5) is 14.5 Å². The van der Waals surface area contributed by atoms with E-state index < -0.39 is 22.9 Å². The van der Waals surface area contributed by atoms with Crippen molar-refractivity contribution >= 4 is 16.9 Å². The van der Waals surface area contributed by atoms with Gasteiger partial charge in [0, 0.05) is 31.4 Å². The van der Waals surface area contributed by atoms with Gasteiger partial charge in [-0.15, -0.1) is 10.2 Å². The van der Waals surface area contributed by atoms with Crippen LogP contribution in [0.1, 0.15) is 24.8 Å². The van der Waals surface area contributed by atoms with Gasteiger partial charge in [-0.25, -0.2) is 18.6 Å². The highest BCUT2D eigenvalue weighted by molar-refractivity contribution is 5.71. The van der Waals surface area contributed by atoms with E-state index in [1.54, 1.807) is 0 Å². The molecule has 2 aromatic heterocycles. The molecule has 1 fully saturated rings. The number of halogens is 2. The summed E-state index contributed by atoms with van der Waals surface area (Å²) >= 11 is 0. The number of aromatic nitrogens is 5. The monoisotopic (exact) mass is 507 g/mol. The second kappa shape index (κ2) is 10.6. The van der Waals surface area contributed by atoms with E-state index in [1.165, 1.54) is 36.9 Å². The highest BCUT2D eigenvalue weighted by Crippen LogP contribution is 2.19. The van der Waals surface area contributed by atoms with E-state index in [1.807, 2.05) is 24.3 Å². The second-order valence-electron chi connectivity index (χ2n) is 9.20. The van der Waals surface area contributed by atoms with E-state index in [4.69, 9.17) is 0 Å². The van der Waals surface area contributed by atoms with E-state index in [9.17, 15) is 18.4 Å². The zero-order chi connectivity index (χ0) is 25.9. The van der Waals surface area contributed by atoms with E-state index in [-0.39, 0.29) is 23.5 Å². The van der Waals surface area contributed by atoms with Gasteiger partial charge in [-0.2, -0.15) is 0 Å². The number of likely N-dealkylation sites (tertiary alicyclic amines) is 1. The van der Waals surface area contributed by atoms with E-state index in [2.05, 4.69) is 25.4 Å². The van der Waals surface area contributed by atoms with Crippen LogP contribution in [0.2, 0.25) is 0 Å². The maximum absolute atomic E-state index is 13.7. The first kappa shape index (κ1) is 24.7. The van der Waals surface area contributed by atoms with Gasteiger partial charge < -0.3 is 10.2 Å². The fraction of sp³-hybridized carbons (Fsp3) is 0.346. The van der Waals surface area contributed by atoms with Gasteiger partial charge >= 0.3 is 5.69 Å². The molecule has 1 aliphatic rings. The van der Waals surface area contributed by atoms with Crippen molar-refractivity contribution in [3.63, 3.8) is 0 Å². The molecule has 0 atom stereocenters. The first-order valence-electron chi connectivity index (χ1n) is 12.3. The first-order valence-corrected chi connectivity index (χ1v) is 12.3. The van der Waals surface area contributed by atoms with Crippen LogP contribution in [0.25, 0.3) is 22.6 Å². The molecule has 3 heterocycles. The minimum atomic E-state index is -1.03. The largest absolute Gasteiger partial charge is 0.384 e. The van der Waals surface area contributed by atoms with Crippen molar-refractivity contribution < 1.29 is 8.78 Å². The van der Waals surface area contributed by atoms with Crippen molar-refractivity contribution in [2.24, 2.45) is 7.05 Å². The number of anilines is 1. The number of fused-ring (bicyclic) bond motifs is 1. The van der Waals surface area contributed by atoms with Crippen molar-refractivity contribution in [2.75, 3.05) is 31.5 Å². The molecule has 11 heteroatoms. The lowest BCUT2D eigenvalue weighted by atomic mass is 10.1. The molecule has 0 saturated carbocycles. The maximum atomic E-state index is 13.7. The number of hydrogen-bond donors (Lipinski definition) is 1. The van der Waals surface area contributed by atoms with Gasteiger partial charge in [0.05, 0.1) is 6.54 Å². The van der Waals surface area contributed by atoms with Crippen molar-refractivity contribution in [1.82, 2.24) is 29.2 Å². The predicted molar refractivity (Wildman–Crippen MR) is 137 cm³/mol. The van der Waals surface area contributed by atoms with E-state index in [0.717, 1.165) is 48.6 Å². The topological polar surface area (TPSA) is 97.9 Å². The number of rotatable bonds is 7. The van der Waals surface area contributed by atoms with E-state index >= 15 is 0 Å². The van der Waals surface area contributed by atoms with Crippen LogP contribution in [0.5, 0.6) is 0 Å². The van der Waals surface area contributed by atoms with Gasteiger partial charge in [0.25, 0.3) is 5.56 Å². The molecule has 0 aliphatic carbocycles. The third-order valence-electron chi connectivity index (χ3n) is 6.62. The van der Waals surface area contributed by atoms with E-state index in [0.29, 0.717) is 11.1 Å². The van der Waals surface area contributed by atoms with Crippen molar-refractivity contribution in [3.05, 3.63) is 80.5 Å². The first-order chi connectivity index (χ1) is 17.9. The Morgan fingerprint density at radius 1 is 0.946 bits per heavy atom. The predicted octanol–water partition coefficient (Wildman–Crippen LogP) is 2.78. The number of piperidine rings is 1. The molecule has 4 aromatic rings. The fourth-order valence-corrected chi connectivity index (χ4v) is 4.53. The summed E-state index contributed by atoms with van der Waals surface area (Å²) in [5.41, 5.74) is 0.605. The van der Waals surface area contributed by atoms with Crippen LogP contribution < -0.4 is 16.6 Å². The Labute approximate surface area is 211 Å². The maximum Gasteiger partial charge on any atom is 0.332 e. The molecular formula is C26H27F2N7O2. The third-order valence-corrected chi connectivity index (χ3v) is 6.62. The van der Waals surface area contributed by atoms with Crippen LogP contribution in [0, 0.1) is 11.6 Å². The van der Waals surface area contributed by atoms with Gasteiger partial charge in [0.15, 0.2) is 28.6 Å². The summed E-state index contributed by atoms with van der Waals surface area (Å²) in [4.78, 5) is 32.5. The Balaban J connectivity index is 1.39. The molecule has 9 nitrogen and oxygen atoms in total. The molecule has 2 aromatic carbocycles. The van der Waals surface area contributed by atoms with Crippen LogP contribution in [0.3, 0.4) is 0 Å². The molecule has 0 unspecified atom stereocenters. The SMILES string of the molecule is Cn1c(=O)c2nc(-c3ccc(NCCN4CCCCC4)cc3)nnc2n(Cc2ccc(F)c(F)c2)c1=O. The minimum absolute atomic E-state index is 0.0300. The van der Waals surface area contributed by atoms with Gasteiger partial charge in [-0.3, -0.25) is 13.9 Å². The summed E-state index contributed by atoms with van der Waals surface area (Å²) in [7, 11) is 1.33. The number of hydrogen-bond acceptors (Lipinski definition) is 7. The van der Waals surface area contributed by atoms with Gasteiger partial charge in [0.1, 0.15) is 0 Å². The van der Waals surface area contributed by atoms with Crippen molar-refractivity contribution in [2.45, 2.75) is 25.8 Å². The third kappa shape index (κ3) is 5.26. The molecule has 1 N–H and O–H groups in total. The highest BCUT2D eigenvalue weighted by Gasteiger charge is 2.17. The molecule has 0 amide bonds. The lowest BCUT2D eigenvalue weighted by Gasteiger charge is -2.26. The molecule has 5 rings (SSSR count). The Hall–Kier alpha value is -3.99. The molecule has 37 heavy (non-hydrogen) atoms. The molecule has 0 spiro atoms. The van der Waals surface area contributed by atoms with Crippen molar-refractivity contribution in [3.8, 4) is 11.4 Å². The molecule has 192 valence electrons. The van der Waals surface area contributed by atoms with Crippen LogP contribution in [-0.4, -0.2) is 55.4 Å². The normalized spacial score (nSPS) is 14.2. The highest BCUT2D eigenvalue weighted by atomic mass is 19.2. The summed E-state index contributed by atoms with van der Waals surface area (Å²) in [6, 6.07) is 10.9. The smallest absolute Gasteiger partial charge is 0.332 e. The standard InChI is InChI=1S/C26H27F2N7O2/c1-33-25(36)22-24(35(26(33)37)16-17-5-10-20(27)21(28)15-17)32-31-23(30-22)18-6-8-19(9-7-18)29-11-14-34-12-3-2-4-13-34/h5-10,15,29H,2-4,11-14,16H2,1H3. The summed E-state index contributed by atoms with van der Waals surface area (Å²) in [5.74, 6) is -1.78. The fourth-order valence-electron chi connectivity index (χ4n) is 4.53. The number of benzene rings is 2. The lowest BCUT2D eigenvalue weighted by molar-refractivity contribution is 0.237. The minimum Gasteiger partial charge on any atom is -0.384 e.